The first kappa shape index (κ1) is 22.6. The third kappa shape index (κ3) is 4.63. The lowest BCUT2D eigenvalue weighted by Gasteiger charge is -2.32. The lowest BCUT2D eigenvalue weighted by Crippen LogP contribution is -2.44. The first-order valence-electron chi connectivity index (χ1n) is 10.1. The Labute approximate surface area is 198 Å². The molecule has 0 atom stereocenters. The second kappa shape index (κ2) is 9.14. The number of carbonyl (C=O) groups is 1. The number of halogens is 2. The summed E-state index contributed by atoms with van der Waals surface area (Å²) < 4.78 is 28.2. The number of amides is 1. The molecule has 32 heavy (non-hydrogen) atoms. The molecule has 0 aromatic heterocycles. The van der Waals surface area contributed by atoms with Gasteiger partial charge in [0.15, 0.2) is 0 Å². The van der Waals surface area contributed by atoms with Gasteiger partial charge in [0.05, 0.1) is 15.6 Å². The molecule has 0 saturated heterocycles. The van der Waals surface area contributed by atoms with E-state index >= 15 is 0 Å². The summed E-state index contributed by atoms with van der Waals surface area (Å²) in [5.41, 5.74) is 3.38. The standard InChI is InChI=1S/C24H22Cl2N2O3S/c1-17-6-9-21(10-7-17)32(30,31)28(23-14-20(25)8-11-22(23)26)16-24(29)27-13-12-18-4-2-3-5-19(18)15-27/h2-11,14H,12-13,15-16H2,1H3. The van der Waals surface area contributed by atoms with E-state index in [1.807, 2.05) is 25.1 Å². The van der Waals surface area contributed by atoms with Crippen molar-refractivity contribution in [3.63, 3.8) is 0 Å². The Morgan fingerprint density at radius 2 is 1.69 bits per heavy atom. The summed E-state index contributed by atoms with van der Waals surface area (Å²) in [6.07, 6.45) is 0.727. The molecule has 0 bridgehead atoms. The molecule has 1 amide bonds. The van der Waals surface area contributed by atoms with Crippen LogP contribution in [0.25, 0.3) is 0 Å². The van der Waals surface area contributed by atoms with Crippen LogP contribution in [0.5, 0.6) is 0 Å². The molecule has 0 N–H and O–H groups in total. The van der Waals surface area contributed by atoms with Crippen LogP contribution in [0.1, 0.15) is 16.7 Å². The first-order valence-corrected chi connectivity index (χ1v) is 12.3. The highest BCUT2D eigenvalue weighted by Gasteiger charge is 2.31. The fourth-order valence-electron chi connectivity index (χ4n) is 3.75. The van der Waals surface area contributed by atoms with E-state index < -0.39 is 10.0 Å². The molecule has 0 aliphatic carbocycles. The summed E-state index contributed by atoms with van der Waals surface area (Å²) in [6.45, 7) is 2.46. The number of rotatable bonds is 5. The quantitative estimate of drug-likeness (QED) is 0.502. The molecule has 5 nitrogen and oxygen atoms in total. The lowest BCUT2D eigenvalue weighted by atomic mass is 10.00. The highest BCUT2D eigenvalue weighted by atomic mass is 35.5. The molecule has 0 spiro atoms. The van der Waals surface area contributed by atoms with Crippen molar-refractivity contribution in [3.8, 4) is 0 Å². The minimum atomic E-state index is -4.06. The van der Waals surface area contributed by atoms with Crippen LogP contribution in [0.4, 0.5) is 5.69 Å². The highest BCUT2D eigenvalue weighted by molar-refractivity contribution is 7.92. The van der Waals surface area contributed by atoms with Crippen molar-refractivity contribution in [1.82, 2.24) is 4.90 Å². The van der Waals surface area contributed by atoms with E-state index in [1.165, 1.54) is 29.8 Å². The van der Waals surface area contributed by atoms with Gasteiger partial charge in [-0.15, -0.1) is 0 Å². The lowest BCUT2D eigenvalue weighted by molar-refractivity contribution is -0.130. The van der Waals surface area contributed by atoms with Gasteiger partial charge in [-0.3, -0.25) is 9.10 Å². The summed E-state index contributed by atoms with van der Waals surface area (Å²) >= 11 is 12.5. The van der Waals surface area contributed by atoms with Gasteiger partial charge >= 0.3 is 0 Å². The molecular weight excluding hydrogens is 467 g/mol. The number of carbonyl (C=O) groups excluding carboxylic acids is 1. The zero-order valence-electron chi connectivity index (χ0n) is 17.5. The molecule has 1 heterocycles. The third-order valence-electron chi connectivity index (χ3n) is 5.55. The Hall–Kier alpha value is -2.54. The Morgan fingerprint density at radius 3 is 2.41 bits per heavy atom. The topological polar surface area (TPSA) is 57.7 Å². The number of anilines is 1. The average Bonchev–Trinajstić information content (AvgIpc) is 2.79. The predicted octanol–water partition coefficient (Wildman–Crippen LogP) is 5.08. The van der Waals surface area contributed by atoms with Crippen LogP contribution in [0.3, 0.4) is 0 Å². The van der Waals surface area contributed by atoms with Crippen molar-refractivity contribution in [2.45, 2.75) is 24.8 Å². The smallest absolute Gasteiger partial charge is 0.264 e. The van der Waals surface area contributed by atoms with Gasteiger partial charge in [-0.2, -0.15) is 0 Å². The fourth-order valence-corrected chi connectivity index (χ4v) is 5.61. The molecule has 0 saturated carbocycles. The molecule has 1 aliphatic heterocycles. The monoisotopic (exact) mass is 488 g/mol. The van der Waals surface area contributed by atoms with Crippen molar-refractivity contribution in [2.24, 2.45) is 0 Å². The molecular formula is C24H22Cl2N2O3S. The van der Waals surface area contributed by atoms with Gasteiger partial charge in [-0.25, -0.2) is 8.42 Å². The van der Waals surface area contributed by atoms with Crippen molar-refractivity contribution >= 4 is 44.8 Å². The molecule has 0 fully saturated rings. The minimum absolute atomic E-state index is 0.0796. The summed E-state index contributed by atoms with van der Waals surface area (Å²) in [6, 6.07) is 19.0. The van der Waals surface area contributed by atoms with Crippen LogP contribution in [0.2, 0.25) is 10.0 Å². The normalized spacial score (nSPS) is 13.5. The Balaban J connectivity index is 1.69. The molecule has 8 heteroatoms. The molecule has 166 valence electrons. The molecule has 0 unspecified atom stereocenters. The van der Waals surface area contributed by atoms with E-state index in [0.717, 1.165) is 21.9 Å². The molecule has 1 aliphatic rings. The van der Waals surface area contributed by atoms with Crippen LogP contribution in [-0.2, 0) is 27.8 Å². The highest BCUT2D eigenvalue weighted by Crippen LogP contribution is 2.33. The maximum absolute atomic E-state index is 13.6. The van der Waals surface area contributed by atoms with Crippen molar-refractivity contribution < 1.29 is 13.2 Å². The van der Waals surface area contributed by atoms with E-state index in [2.05, 4.69) is 6.07 Å². The minimum Gasteiger partial charge on any atom is -0.336 e. The summed E-state index contributed by atoms with van der Waals surface area (Å²) in [5.74, 6) is -0.300. The molecule has 0 radical (unpaired) electrons. The number of fused-ring (bicyclic) bond motifs is 1. The number of nitrogens with zero attached hydrogens (tertiary/aromatic N) is 2. The third-order valence-corrected chi connectivity index (χ3v) is 7.88. The molecule has 3 aromatic carbocycles. The van der Waals surface area contributed by atoms with Crippen LogP contribution >= 0.6 is 23.2 Å². The van der Waals surface area contributed by atoms with Crippen LogP contribution in [0, 0.1) is 6.92 Å². The number of sulfonamides is 1. The van der Waals surface area contributed by atoms with Gasteiger partial charge in [0, 0.05) is 18.1 Å². The van der Waals surface area contributed by atoms with E-state index in [-0.39, 0.29) is 28.1 Å². The SMILES string of the molecule is Cc1ccc(S(=O)(=O)N(CC(=O)N2CCc3ccccc3C2)c2cc(Cl)ccc2Cl)cc1. The van der Waals surface area contributed by atoms with E-state index in [1.54, 1.807) is 23.1 Å². The van der Waals surface area contributed by atoms with E-state index in [4.69, 9.17) is 23.2 Å². The number of hydrogen-bond acceptors (Lipinski definition) is 3. The molecule has 4 rings (SSSR count). The number of hydrogen-bond donors (Lipinski definition) is 0. The van der Waals surface area contributed by atoms with Crippen LogP contribution in [-0.4, -0.2) is 32.3 Å². The van der Waals surface area contributed by atoms with Gasteiger partial charge in [-0.05, 0) is 54.8 Å². The van der Waals surface area contributed by atoms with Crippen molar-refractivity contribution in [2.75, 3.05) is 17.4 Å². The van der Waals surface area contributed by atoms with Gasteiger partial charge in [-0.1, -0.05) is 65.2 Å². The number of benzene rings is 3. The zero-order valence-corrected chi connectivity index (χ0v) is 19.8. The number of aryl methyl sites for hydroxylation is 1. The first-order chi connectivity index (χ1) is 15.3. The summed E-state index contributed by atoms with van der Waals surface area (Å²) in [7, 11) is -4.06. The van der Waals surface area contributed by atoms with Gasteiger partial charge in [0.1, 0.15) is 6.54 Å². The van der Waals surface area contributed by atoms with Crippen LogP contribution < -0.4 is 4.31 Å². The van der Waals surface area contributed by atoms with Gasteiger partial charge < -0.3 is 4.90 Å². The molecule has 3 aromatic rings. The largest absolute Gasteiger partial charge is 0.336 e. The van der Waals surface area contributed by atoms with Gasteiger partial charge in [0.2, 0.25) is 5.91 Å². The summed E-state index contributed by atoms with van der Waals surface area (Å²) in [5, 5.41) is 0.523. The maximum atomic E-state index is 13.6. The fraction of sp³-hybridized carbons (Fsp3) is 0.208. The zero-order chi connectivity index (χ0) is 22.9. The Morgan fingerprint density at radius 1 is 1.00 bits per heavy atom. The second-order valence-electron chi connectivity index (χ2n) is 7.75. The maximum Gasteiger partial charge on any atom is 0.264 e. The Bertz CT molecular complexity index is 1260. The van der Waals surface area contributed by atoms with E-state index in [0.29, 0.717) is 18.1 Å². The van der Waals surface area contributed by atoms with Gasteiger partial charge in [0.25, 0.3) is 10.0 Å². The summed E-state index contributed by atoms with van der Waals surface area (Å²) in [4.78, 5) is 15.0. The van der Waals surface area contributed by atoms with Crippen molar-refractivity contribution in [3.05, 3.63) is 93.5 Å². The van der Waals surface area contributed by atoms with Crippen LogP contribution in [0.15, 0.2) is 71.6 Å². The Kier molecular flexibility index (Phi) is 6.47. The average molecular weight is 489 g/mol. The van der Waals surface area contributed by atoms with Crippen molar-refractivity contribution in [1.29, 1.82) is 0 Å². The van der Waals surface area contributed by atoms with E-state index in [9.17, 15) is 13.2 Å². The second-order valence-corrected chi connectivity index (χ2v) is 10.5. The predicted molar refractivity (Wildman–Crippen MR) is 128 cm³/mol.